The number of aryl methyl sites for hydroxylation is 1. The van der Waals surface area contributed by atoms with Crippen LogP contribution < -0.4 is 10.1 Å². The summed E-state index contributed by atoms with van der Waals surface area (Å²) in [6, 6.07) is 17.0. The molecule has 2 aromatic rings. The van der Waals surface area contributed by atoms with Crippen LogP contribution in [0, 0.1) is 6.92 Å². The SMILES string of the molecule is Cc1ccc(C2CCNC2)cc1OCc1ccccc1. The molecule has 2 heteroatoms. The van der Waals surface area contributed by atoms with Crippen LogP contribution in [0.2, 0.25) is 0 Å². The quantitative estimate of drug-likeness (QED) is 0.913. The summed E-state index contributed by atoms with van der Waals surface area (Å²) < 4.78 is 6.00. The number of hydrogen-bond donors (Lipinski definition) is 1. The standard InChI is InChI=1S/C18H21NO/c1-14-7-8-16(17-9-10-19-12-17)11-18(14)20-13-15-5-3-2-4-6-15/h2-8,11,17,19H,9-10,12-13H2,1H3. The van der Waals surface area contributed by atoms with Crippen molar-refractivity contribution in [2.24, 2.45) is 0 Å². The summed E-state index contributed by atoms with van der Waals surface area (Å²) in [5.74, 6) is 1.65. The van der Waals surface area contributed by atoms with Gasteiger partial charge in [-0.2, -0.15) is 0 Å². The Kier molecular flexibility index (Phi) is 4.03. The molecule has 1 fully saturated rings. The molecular weight excluding hydrogens is 246 g/mol. The summed E-state index contributed by atoms with van der Waals surface area (Å²) >= 11 is 0. The summed E-state index contributed by atoms with van der Waals surface area (Å²) in [7, 11) is 0. The van der Waals surface area contributed by atoms with Gasteiger partial charge in [0.15, 0.2) is 0 Å². The molecule has 20 heavy (non-hydrogen) atoms. The van der Waals surface area contributed by atoms with Crippen LogP contribution in [0.1, 0.15) is 29.0 Å². The van der Waals surface area contributed by atoms with Gasteiger partial charge in [-0.25, -0.2) is 0 Å². The minimum absolute atomic E-state index is 0.633. The van der Waals surface area contributed by atoms with Gasteiger partial charge in [0.25, 0.3) is 0 Å². The normalized spacial score (nSPS) is 18.1. The van der Waals surface area contributed by atoms with Crippen LogP contribution >= 0.6 is 0 Å². The van der Waals surface area contributed by atoms with Crippen molar-refractivity contribution < 1.29 is 4.74 Å². The summed E-state index contributed by atoms with van der Waals surface area (Å²) in [4.78, 5) is 0. The highest BCUT2D eigenvalue weighted by Crippen LogP contribution is 2.28. The van der Waals surface area contributed by atoms with Gasteiger partial charge in [-0.15, -0.1) is 0 Å². The highest BCUT2D eigenvalue weighted by molar-refractivity contribution is 5.38. The van der Waals surface area contributed by atoms with Crippen LogP contribution in [-0.2, 0) is 6.61 Å². The molecule has 1 N–H and O–H groups in total. The van der Waals surface area contributed by atoms with Gasteiger partial charge in [-0.3, -0.25) is 0 Å². The summed E-state index contributed by atoms with van der Waals surface area (Å²) in [5.41, 5.74) is 3.80. The zero-order valence-corrected chi connectivity index (χ0v) is 11.9. The zero-order valence-electron chi connectivity index (χ0n) is 11.9. The molecule has 0 spiro atoms. The summed E-state index contributed by atoms with van der Waals surface area (Å²) in [6.45, 7) is 4.95. The first-order valence-electron chi connectivity index (χ1n) is 7.31. The lowest BCUT2D eigenvalue weighted by Crippen LogP contribution is -2.08. The maximum Gasteiger partial charge on any atom is 0.123 e. The molecule has 1 heterocycles. The van der Waals surface area contributed by atoms with E-state index < -0.39 is 0 Å². The van der Waals surface area contributed by atoms with Crippen molar-refractivity contribution in [3.8, 4) is 5.75 Å². The molecule has 2 aromatic carbocycles. The van der Waals surface area contributed by atoms with Gasteiger partial charge in [-0.1, -0.05) is 42.5 Å². The van der Waals surface area contributed by atoms with Gasteiger partial charge in [0.1, 0.15) is 12.4 Å². The van der Waals surface area contributed by atoms with E-state index in [1.165, 1.54) is 23.1 Å². The fourth-order valence-electron chi connectivity index (χ4n) is 2.70. The maximum absolute atomic E-state index is 6.00. The van der Waals surface area contributed by atoms with Crippen LogP contribution in [0.15, 0.2) is 48.5 Å². The van der Waals surface area contributed by atoms with Crippen LogP contribution in [0.4, 0.5) is 0 Å². The van der Waals surface area contributed by atoms with Gasteiger partial charge in [0, 0.05) is 6.54 Å². The number of rotatable bonds is 4. The molecule has 3 rings (SSSR count). The second-order valence-corrected chi connectivity index (χ2v) is 5.49. The first-order valence-corrected chi connectivity index (χ1v) is 7.31. The van der Waals surface area contributed by atoms with Crippen molar-refractivity contribution in [3.63, 3.8) is 0 Å². The van der Waals surface area contributed by atoms with E-state index in [0.29, 0.717) is 12.5 Å². The van der Waals surface area contributed by atoms with Gasteiger partial charge >= 0.3 is 0 Å². The van der Waals surface area contributed by atoms with Crippen molar-refractivity contribution >= 4 is 0 Å². The van der Waals surface area contributed by atoms with Gasteiger partial charge in [-0.05, 0) is 48.6 Å². The van der Waals surface area contributed by atoms with Gasteiger partial charge < -0.3 is 10.1 Å². The number of ether oxygens (including phenoxy) is 1. The van der Waals surface area contributed by atoms with E-state index in [1.54, 1.807) is 0 Å². The molecule has 0 aliphatic carbocycles. The molecule has 1 aliphatic rings. The van der Waals surface area contributed by atoms with Crippen LogP contribution in [0.25, 0.3) is 0 Å². The Labute approximate surface area is 120 Å². The number of benzene rings is 2. The molecule has 0 aromatic heterocycles. The first-order chi connectivity index (χ1) is 9.83. The second-order valence-electron chi connectivity index (χ2n) is 5.49. The van der Waals surface area contributed by atoms with E-state index in [-0.39, 0.29) is 0 Å². The average Bonchev–Trinajstić information content (AvgIpc) is 3.02. The minimum Gasteiger partial charge on any atom is -0.489 e. The topological polar surface area (TPSA) is 21.3 Å². The molecule has 104 valence electrons. The van der Waals surface area contributed by atoms with E-state index >= 15 is 0 Å². The summed E-state index contributed by atoms with van der Waals surface area (Å²) in [6.07, 6.45) is 1.22. The Morgan fingerprint density at radius 3 is 2.75 bits per heavy atom. The maximum atomic E-state index is 6.00. The monoisotopic (exact) mass is 267 g/mol. The minimum atomic E-state index is 0.633. The highest BCUT2D eigenvalue weighted by Gasteiger charge is 2.17. The van der Waals surface area contributed by atoms with Gasteiger partial charge in [0.2, 0.25) is 0 Å². The molecule has 1 saturated heterocycles. The third-order valence-corrected chi connectivity index (χ3v) is 3.98. The molecule has 1 unspecified atom stereocenters. The van der Waals surface area contributed by atoms with Crippen LogP contribution in [0.5, 0.6) is 5.75 Å². The molecular formula is C18H21NO. The van der Waals surface area contributed by atoms with Crippen molar-refractivity contribution in [3.05, 3.63) is 65.2 Å². The lowest BCUT2D eigenvalue weighted by Gasteiger charge is -2.14. The van der Waals surface area contributed by atoms with Gasteiger partial charge in [0.05, 0.1) is 0 Å². The Hall–Kier alpha value is -1.80. The fourth-order valence-corrected chi connectivity index (χ4v) is 2.70. The first kappa shape index (κ1) is 13.2. The second kappa shape index (κ2) is 6.10. The summed E-state index contributed by atoms with van der Waals surface area (Å²) in [5, 5.41) is 3.42. The lowest BCUT2D eigenvalue weighted by molar-refractivity contribution is 0.303. The molecule has 0 radical (unpaired) electrons. The van der Waals surface area contributed by atoms with Crippen molar-refractivity contribution in [2.45, 2.75) is 25.9 Å². The van der Waals surface area contributed by atoms with E-state index in [1.807, 2.05) is 18.2 Å². The van der Waals surface area contributed by atoms with Crippen LogP contribution in [-0.4, -0.2) is 13.1 Å². The third-order valence-electron chi connectivity index (χ3n) is 3.98. The predicted octanol–water partition coefficient (Wildman–Crippen LogP) is 3.65. The Morgan fingerprint density at radius 2 is 2.00 bits per heavy atom. The van der Waals surface area contributed by atoms with E-state index in [4.69, 9.17) is 4.74 Å². The van der Waals surface area contributed by atoms with Crippen molar-refractivity contribution in [2.75, 3.05) is 13.1 Å². The average molecular weight is 267 g/mol. The van der Waals surface area contributed by atoms with Crippen LogP contribution in [0.3, 0.4) is 0 Å². The molecule has 0 bridgehead atoms. The third kappa shape index (κ3) is 3.02. The zero-order chi connectivity index (χ0) is 13.8. The Balaban J connectivity index is 1.73. The molecule has 1 atom stereocenters. The smallest absolute Gasteiger partial charge is 0.123 e. The molecule has 0 saturated carbocycles. The lowest BCUT2D eigenvalue weighted by atomic mass is 9.97. The highest BCUT2D eigenvalue weighted by atomic mass is 16.5. The van der Waals surface area contributed by atoms with E-state index in [9.17, 15) is 0 Å². The molecule has 1 aliphatic heterocycles. The molecule has 0 amide bonds. The van der Waals surface area contributed by atoms with Crippen molar-refractivity contribution in [1.82, 2.24) is 5.32 Å². The number of hydrogen-bond acceptors (Lipinski definition) is 2. The fraction of sp³-hybridized carbons (Fsp3) is 0.333. The van der Waals surface area contributed by atoms with E-state index in [2.05, 4.69) is 42.6 Å². The van der Waals surface area contributed by atoms with Crippen molar-refractivity contribution in [1.29, 1.82) is 0 Å². The number of nitrogens with one attached hydrogen (secondary N) is 1. The largest absolute Gasteiger partial charge is 0.489 e. The Bertz CT molecular complexity index is 559. The Morgan fingerprint density at radius 1 is 1.15 bits per heavy atom. The predicted molar refractivity (Wildman–Crippen MR) is 82.2 cm³/mol. The molecule has 2 nitrogen and oxygen atoms in total. The van der Waals surface area contributed by atoms with E-state index in [0.717, 1.165) is 18.8 Å².